The van der Waals surface area contributed by atoms with Crippen molar-refractivity contribution >= 4 is 34.8 Å². The molecule has 0 saturated heterocycles. The van der Waals surface area contributed by atoms with Crippen molar-refractivity contribution in [2.45, 2.75) is 6.92 Å². The Bertz CT molecular complexity index is 542. The maximum absolute atomic E-state index is 13.1. The van der Waals surface area contributed by atoms with E-state index in [-0.39, 0.29) is 22.3 Å². The molecule has 0 radical (unpaired) electrons. The number of hydrogen-bond acceptors (Lipinski definition) is 4. The largest absolute Gasteiger partial charge is 0.324 e. The van der Waals surface area contributed by atoms with Gasteiger partial charge in [-0.1, -0.05) is 0 Å². The zero-order valence-corrected chi connectivity index (χ0v) is 10.2. The maximum atomic E-state index is 13.1. The van der Waals surface area contributed by atoms with Crippen LogP contribution in [0, 0.1) is 12.7 Å². The normalized spacial score (nSPS) is 10.4. The van der Waals surface area contributed by atoms with Crippen molar-refractivity contribution in [3.63, 3.8) is 0 Å². The lowest BCUT2D eigenvalue weighted by Gasteiger charge is -2.06. The topological polar surface area (TPSA) is 50.7 Å². The summed E-state index contributed by atoms with van der Waals surface area (Å²) < 4.78 is 13.1. The number of nitrogens with zero attached hydrogens (tertiary/aromatic N) is 3. The fourth-order valence-electron chi connectivity index (χ4n) is 1.23. The number of halogens is 3. The molecule has 0 aliphatic carbocycles. The number of benzene rings is 1. The van der Waals surface area contributed by atoms with Crippen LogP contribution in [0.3, 0.4) is 0 Å². The van der Waals surface area contributed by atoms with Crippen molar-refractivity contribution in [3.05, 3.63) is 40.1 Å². The third-order valence-electron chi connectivity index (χ3n) is 1.99. The lowest BCUT2D eigenvalue weighted by Crippen LogP contribution is -1.99. The van der Waals surface area contributed by atoms with E-state index < -0.39 is 0 Å². The molecule has 1 aromatic heterocycles. The lowest BCUT2D eigenvalue weighted by atomic mass is 10.2. The Labute approximate surface area is 107 Å². The summed E-state index contributed by atoms with van der Waals surface area (Å²) in [5.74, 6) is -0.0664. The van der Waals surface area contributed by atoms with E-state index in [0.29, 0.717) is 11.3 Å². The second-order valence-electron chi connectivity index (χ2n) is 3.29. The number of rotatable bonds is 2. The Hall–Kier alpha value is -1.46. The van der Waals surface area contributed by atoms with E-state index in [9.17, 15) is 4.39 Å². The molecule has 2 rings (SSSR count). The molecule has 0 aliphatic heterocycles. The zero-order chi connectivity index (χ0) is 12.4. The summed E-state index contributed by atoms with van der Waals surface area (Å²) in [5.41, 5.74) is 1.16. The van der Waals surface area contributed by atoms with Gasteiger partial charge in [-0.05, 0) is 53.9 Å². The minimum atomic E-state index is -0.276. The SMILES string of the molecule is Cc1cc(Nc2nc(Cl)nc(Cl)n2)ccc1F. The molecule has 4 nitrogen and oxygen atoms in total. The molecule has 0 spiro atoms. The van der Waals surface area contributed by atoms with Crippen LogP contribution >= 0.6 is 23.2 Å². The van der Waals surface area contributed by atoms with E-state index >= 15 is 0 Å². The van der Waals surface area contributed by atoms with Gasteiger partial charge in [0.25, 0.3) is 0 Å². The summed E-state index contributed by atoms with van der Waals surface area (Å²) in [6, 6.07) is 4.54. The van der Waals surface area contributed by atoms with Crippen LogP contribution in [0.15, 0.2) is 18.2 Å². The Morgan fingerprint density at radius 1 is 1.12 bits per heavy atom. The van der Waals surface area contributed by atoms with Crippen molar-refractivity contribution in [1.82, 2.24) is 15.0 Å². The summed E-state index contributed by atoms with van der Waals surface area (Å²) in [4.78, 5) is 11.3. The molecule has 1 heterocycles. The molecule has 0 amide bonds. The van der Waals surface area contributed by atoms with E-state index in [4.69, 9.17) is 23.2 Å². The molecule has 0 aliphatic rings. The van der Waals surface area contributed by atoms with Gasteiger partial charge < -0.3 is 5.32 Å². The van der Waals surface area contributed by atoms with E-state index in [0.717, 1.165) is 0 Å². The van der Waals surface area contributed by atoms with E-state index in [1.54, 1.807) is 19.1 Å². The number of anilines is 2. The molecular weight excluding hydrogens is 266 g/mol. The van der Waals surface area contributed by atoms with Crippen molar-refractivity contribution in [3.8, 4) is 0 Å². The molecule has 88 valence electrons. The highest BCUT2D eigenvalue weighted by Gasteiger charge is 2.04. The predicted molar refractivity (Wildman–Crippen MR) is 64.3 cm³/mol. The smallest absolute Gasteiger partial charge is 0.232 e. The minimum Gasteiger partial charge on any atom is -0.324 e. The van der Waals surface area contributed by atoms with E-state index in [1.165, 1.54) is 6.07 Å². The summed E-state index contributed by atoms with van der Waals surface area (Å²) >= 11 is 11.3. The molecule has 1 N–H and O–H groups in total. The van der Waals surface area contributed by atoms with Gasteiger partial charge in [0.1, 0.15) is 5.82 Å². The highest BCUT2D eigenvalue weighted by molar-refractivity contribution is 6.31. The molecule has 1 aromatic carbocycles. The first-order chi connectivity index (χ1) is 8.04. The van der Waals surface area contributed by atoms with Crippen molar-refractivity contribution in [2.75, 3.05) is 5.32 Å². The molecule has 0 saturated carbocycles. The van der Waals surface area contributed by atoms with Crippen LogP contribution < -0.4 is 5.32 Å². The predicted octanol–water partition coefficient (Wildman–Crippen LogP) is 3.37. The van der Waals surface area contributed by atoms with E-state index in [1.807, 2.05) is 0 Å². The fourth-order valence-corrected chi connectivity index (χ4v) is 1.60. The first kappa shape index (κ1) is 12.0. The van der Waals surface area contributed by atoms with Crippen molar-refractivity contribution < 1.29 is 4.39 Å². The van der Waals surface area contributed by atoms with Crippen LogP contribution in [-0.2, 0) is 0 Å². The molecule has 0 atom stereocenters. The Kier molecular flexibility index (Phi) is 3.40. The molecular formula is C10H7Cl2FN4. The van der Waals surface area contributed by atoms with Gasteiger partial charge in [-0.15, -0.1) is 0 Å². The summed E-state index contributed by atoms with van der Waals surface area (Å²) in [7, 11) is 0. The highest BCUT2D eigenvalue weighted by atomic mass is 35.5. The number of aromatic nitrogens is 3. The van der Waals surface area contributed by atoms with Gasteiger partial charge in [-0.3, -0.25) is 0 Å². The monoisotopic (exact) mass is 272 g/mol. The average molecular weight is 273 g/mol. The Morgan fingerprint density at radius 2 is 1.76 bits per heavy atom. The van der Waals surface area contributed by atoms with Crippen LogP contribution in [0.1, 0.15) is 5.56 Å². The van der Waals surface area contributed by atoms with Crippen LogP contribution in [0.5, 0.6) is 0 Å². The standard InChI is InChI=1S/C10H7Cl2FN4/c1-5-4-6(2-3-7(5)13)14-10-16-8(11)15-9(12)17-10/h2-4H,1H3,(H,14,15,16,17). The number of hydrogen-bond donors (Lipinski definition) is 1. The number of aryl methyl sites for hydroxylation is 1. The summed E-state index contributed by atoms with van der Waals surface area (Å²) in [6.45, 7) is 1.66. The molecule has 0 unspecified atom stereocenters. The molecule has 0 bridgehead atoms. The van der Waals surface area contributed by atoms with Crippen LogP contribution in [0.4, 0.5) is 16.0 Å². The average Bonchev–Trinajstić information content (AvgIpc) is 2.22. The summed E-state index contributed by atoms with van der Waals surface area (Å²) in [6.07, 6.45) is 0. The van der Waals surface area contributed by atoms with E-state index in [2.05, 4.69) is 20.3 Å². The van der Waals surface area contributed by atoms with Gasteiger partial charge in [0.05, 0.1) is 0 Å². The van der Waals surface area contributed by atoms with Gasteiger partial charge in [0, 0.05) is 5.69 Å². The second kappa shape index (κ2) is 4.81. The van der Waals surface area contributed by atoms with Gasteiger partial charge in [-0.2, -0.15) is 15.0 Å². The highest BCUT2D eigenvalue weighted by Crippen LogP contribution is 2.18. The van der Waals surface area contributed by atoms with Gasteiger partial charge in [0.2, 0.25) is 16.5 Å². The minimum absolute atomic E-state index is 0.00802. The molecule has 0 fully saturated rings. The third-order valence-corrected chi connectivity index (χ3v) is 2.33. The summed E-state index contributed by atoms with van der Waals surface area (Å²) in [5, 5.41) is 2.84. The first-order valence-corrected chi connectivity index (χ1v) is 5.40. The van der Waals surface area contributed by atoms with Gasteiger partial charge >= 0.3 is 0 Å². The van der Waals surface area contributed by atoms with Crippen LogP contribution in [-0.4, -0.2) is 15.0 Å². The maximum Gasteiger partial charge on any atom is 0.232 e. The zero-order valence-electron chi connectivity index (χ0n) is 8.71. The quantitative estimate of drug-likeness (QED) is 0.911. The Morgan fingerprint density at radius 3 is 2.35 bits per heavy atom. The molecule has 7 heteroatoms. The Balaban J connectivity index is 2.28. The molecule has 2 aromatic rings. The van der Waals surface area contributed by atoms with Gasteiger partial charge in [-0.25, -0.2) is 4.39 Å². The fraction of sp³-hybridized carbons (Fsp3) is 0.100. The molecule has 17 heavy (non-hydrogen) atoms. The first-order valence-electron chi connectivity index (χ1n) is 4.65. The lowest BCUT2D eigenvalue weighted by molar-refractivity contribution is 0.619. The van der Waals surface area contributed by atoms with Crippen LogP contribution in [0.2, 0.25) is 10.6 Å². The number of nitrogens with one attached hydrogen (secondary N) is 1. The van der Waals surface area contributed by atoms with Crippen molar-refractivity contribution in [2.24, 2.45) is 0 Å². The van der Waals surface area contributed by atoms with Gasteiger partial charge in [0.15, 0.2) is 0 Å². The second-order valence-corrected chi connectivity index (χ2v) is 3.96. The van der Waals surface area contributed by atoms with Crippen molar-refractivity contribution in [1.29, 1.82) is 0 Å². The van der Waals surface area contributed by atoms with Crippen LogP contribution in [0.25, 0.3) is 0 Å². The third kappa shape index (κ3) is 3.01.